The second-order valence-corrected chi connectivity index (χ2v) is 27.5. The Morgan fingerprint density at radius 2 is 0.929 bits per heavy atom. The number of halogens is 3. The Kier molecular flexibility index (Phi) is 22.7. The van der Waals surface area contributed by atoms with Crippen molar-refractivity contribution in [3.05, 3.63) is 130 Å². The number of ether oxygens (including phenoxy) is 3. The van der Waals surface area contributed by atoms with Crippen LogP contribution in [0.25, 0.3) is 0 Å². The molecule has 4 atom stereocenters. The summed E-state index contributed by atoms with van der Waals surface area (Å²) in [5, 5.41) is 3.52. The van der Waals surface area contributed by atoms with Crippen molar-refractivity contribution in [1.82, 2.24) is 29.8 Å². The molecule has 460 valence electrons. The van der Waals surface area contributed by atoms with E-state index in [0.29, 0.717) is 43.1 Å². The number of nitrogens with zero attached hydrogens (tertiary/aromatic N) is 7. The zero-order chi connectivity index (χ0) is 60.6. The predicted molar refractivity (Wildman–Crippen MR) is 319 cm³/mol. The molecule has 1 N–H and O–H groups in total. The maximum atomic E-state index is 15.1. The minimum absolute atomic E-state index is 0. The molecule has 4 aromatic rings. The van der Waals surface area contributed by atoms with Crippen molar-refractivity contribution in [2.24, 2.45) is 0 Å². The topological polar surface area (TPSA) is 216 Å². The lowest BCUT2D eigenvalue weighted by molar-refractivity contribution is -0.0162. The van der Waals surface area contributed by atoms with Gasteiger partial charge in [0.05, 0.1) is 61.4 Å². The van der Waals surface area contributed by atoms with Crippen molar-refractivity contribution in [1.29, 1.82) is 0 Å². The first-order valence-electron chi connectivity index (χ1n) is 27.8. The zero-order valence-electron chi connectivity index (χ0n) is 49.2. The summed E-state index contributed by atoms with van der Waals surface area (Å²) in [6.45, 7) is 18.5. The van der Waals surface area contributed by atoms with Gasteiger partial charge in [-0.25, -0.2) is 49.6 Å². The third-order valence-electron chi connectivity index (χ3n) is 14.8. The molecule has 4 heterocycles. The van der Waals surface area contributed by atoms with Crippen LogP contribution in [-0.2, 0) is 60.1 Å². The minimum Gasteiger partial charge on any atom is -0.465 e. The van der Waals surface area contributed by atoms with Gasteiger partial charge in [-0.05, 0) is 108 Å². The number of carbonyl (C=O) groups is 5. The highest BCUT2D eigenvalue weighted by molar-refractivity contribution is 7.91. The molecule has 0 radical (unpaired) electrons. The van der Waals surface area contributed by atoms with Crippen LogP contribution < -0.4 is 15.1 Å². The first-order chi connectivity index (χ1) is 39.1. The number of carbonyl (C=O) groups excluding carboxylic acids is 5. The normalized spacial score (nSPS) is 20.7. The molecule has 0 unspecified atom stereocenters. The fraction of sp³-hybridized carbons (Fsp3) is 0.508. The first-order valence-corrected chi connectivity index (χ1v) is 31.4. The average molecular weight is 1230 g/mol. The van der Waals surface area contributed by atoms with Crippen LogP contribution in [0.2, 0.25) is 0 Å². The van der Waals surface area contributed by atoms with E-state index < -0.39 is 60.9 Å². The lowest BCUT2D eigenvalue weighted by Gasteiger charge is -2.44. The van der Waals surface area contributed by atoms with Crippen LogP contribution in [0, 0.1) is 11.6 Å². The molecule has 0 bridgehead atoms. The molecule has 0 spiro atoms. The summed E-state index contributed by atoms with van der Waals surface area (Å²) >= 11 is 0. The van der Waals surface area contributed by atoms with Crippen LogP contribution >= 0.6 is 12.4 Å². The molecule has 8 rings (SSSR count). The minimum atomic E-state index is -3.21. The molecule has 4 fully saturated rings. The van der Waals surface area contributed by atoms with Crippen molar-refractivity contribution < 1.29 is 63.8 Å². The van der Waals surface area contributed by atoms with E-state index in [4.69, 9.17) is 4.74 Å². The number of rotatable bonds is 12. The Hall–Kier alpha value is -6.44. The number of amides is 5. The molecule has 0 saturated carbocycles. The third kappa shape index (κ3) is 18.0. The number of esters is 2. The summed E-state index contributed by atoms with van der Waals surface area (Å²) in [5.74, 6) is -3.09. The zero-order valence-corrected chi connectivity index (χ0v) is 51.7. The van der Waals surface area contributed by atoms with E-state index in [9.17, 15) is 45.2 Å². The predicted octanol–water partition coefficient (Wildman–Crippen LogP) is 7.37. The van der Waals surface area contributed by atoms with Gasteiger partial charge in [0.15, 0.2) is 19.7 Å². The molecule has 20 nitrogen and oxygen atoms in total. The van der Waals surface area contributed by atoms with Gasteiger partial charge in [0.25, 0.3) is 0 Å². The first kappa shape index (κ1) is 66.7. The Morgan fingerprint density at radius 1 is 0.571 bits per heavy atom. The highest BCUT2D eigenvalue weighted by atomic mass is 35.5. The van der Waals surface area contributed by atoms with E-state index in [2.05, 4.69) is 38.4 Å². The van der Waals surface area contributed by atoms with Crippen LogP contribution in [0.15, 0.2) is 84.9 Å². The van der Waals surface area contributed by atoms with Crippen molar-refractivity contribution in [2.45, 2.75) is 104 Å². The van der Waals surface area contributed by atoms with E-state index in [0.717, 1.165) is 42.9 Å². The lowest BCUT2D eigenvalue weighted by Crippen LogP contribution is -2.59. The molecule has 4 aliphatic rings. The summed E-state index contributed by atoms with van der Waals surface area (Å²) in [5.41, 5.74) is 3.16. The SMILES string of the molecule is COC(=O)c1ccc(CN(C(=O)N2CCS(=O)(=O)CC2)c2ccc(CN3C[C@@H](C)N(C(=O)OC(C)(C)C)[C@@H](C)C3)cc2)c(F)c1.COC(=O)c1ccc(CN(C(=O)N2CCS(=O)(=O)CC2)c2ccc(CN3C[C@@H](C)N[C@@H](C)C3)cc2)c(F)c1.Cl. The van der Waals surface area contributed by atoms with Crippen LogP contribution in [0.1, 0.15) is 91.4 Å². The van der Waals surface area contributed by atoms with Gasteiger partial charge in [-0.2, -0.15) is 0 Å². The molecule has 0 aliphatic carbocycles. The summed E-state index contributed by atoms with van der Waals surface area (Å²) in [6, 6.07) is 22.8. The Balaban J connectivity index is 0.000000270. The van der Waals surface area contributed by atoms with Gasteiger partial charge in [0.2, 0.25) is 0 Å². The number of hydrogen-bond donors (Lipinski definition) is 1. The number of sulfone groups is 2. The molecule has 25 heteroatoms. The average Bonchev–Trinajstić information content (AvgIpc) is 3.61. The van der Waals surface area contributed by atoms with Gasteiger partial charge in [0.1, 0.15) is 17.2 Å². The number of anilines is 2. The number of nitrogens with one attached hydrogen (secondary N) is 1. The van der Waals surface area contributed by atoms with E-state index >= 15 is 4.39 Å². The van der Waals surface area contributed by atoms with Crippen LogP contribution in [0.5, 0.6) is 0 Å². The van der Waals surface area contributed by atoms with E-state index in [1.807, 2.05) is 71.0 Å². The monoisotopic (exact) mass is 1230 g/mol. The van der Waals surface area contributed by atoms with Crippen LogP contribution in [-0.4, -0.2) is 191 Å². The second-order valence-electron chi connectivity index (χ2n) is 22.9. The van der Waals surface area contributed by atoms with Crippen molar-refractivity contribution in [2.75, 3.05) is 99.4 Å². The van der Waals surface area contributed by atoms with Gasteiger partial charge in [0, 0.05) is 112 Å². The van der Waals surface area contributed by atoms with Crippen LogP contribution in [0.3, 0.4) is 0 Å². The van der Waals surface area contributed by atoms with Gasteiger partial charge in [-0.1, -0.05) is 36.4 Å². The highest BCUT2D eigenvalue weighted by Gasteiger charge is 2.36. The maximum absolute atomic E-state index is 15.1. The summed E-state index contributed by atoms with van der Waals surface area (Å²) in [6.07, 6.45) is -0.320. The summed E-state index contributed by atoms with van der Waals surface area (Å²) in [7, 11) is -3.95. The lowest BCUT2D eigenvalue weighted by atomic mass is 10.1. The molecule has 4 aromatic carbocycles. The standard InChI is InChI=1S/C32H43FN4O7S.C27H35FN4O5S.ClH/c1-22-18-34(19-23(2)37(22)31(40)44-32(3,4)5)20-24-7-11-27(12-8-24)36(30(39)35-13-15-45(41,42)16-14-35)21-26-10-9-25(17-28(26)33)29(38)43-6;1-19-15-30(16-20(2)29-19)17-21-4-8-24(9-5-21)32(27(34)31-10-12-38(35,36)13-11-31)18-23-7-6-22(14-25(23)28)26(33)37-3;/h7-12,17,22-23H,13-16,18-21H2,1-6H3;4-9,14,19-20,29H,10-13,15-18H2,1-3H3;1H/t22-,23+;19-,20+;. The van der Waals surface area contributed by atoms with Gasteiger partial charge >= 0.3 is 30.1 Å². The quantitative estimate of drug-likeness (QED) is 0.108. The Bertz CT molecular complexity index is 3160. The van der Waals surface area contributed by atoms with Gasteiger partial charge in [-0.3, -0.25) is 19.6 Å². The summed E-state index contributed by atoms with van der Waals surface area (Å²) < 4.78 is 92.8. The fourth-order valence-corrected chi connectivity index (χ4v) is 13.2. The van der Waals surface area contributed by atoms with E-state index in [-0.39, 0.29) is 115 Å². The number of methoxy groups -OCH3 is 2. The molecular weight excluding hydrogens is 1150 g/mol. The number of urea groups is 2. The molecule has 0 aromatic heterocycles. The number of piperazine rings is 2. The largest absolute Gasteiger partial charge is 0.465 e. The number of benzene rings is 4. The fourth-order valence-electron chi connectivity index (χ4n) is 10.8. The molecule has 84 heavy (non-hydrogen) atoms. The Labute approximate surface area is 498 Å². The maximum Gasteiger partial charge on any atom is 0.410 e. The van der Waals surface area contributed by atoms with Crippen molar-refractivity contribution in [3.8, 4) is 0 Å². The van der Waals surface area contributed by atoms with E-state index in [1.54, 1.807) is 17.0 Å². The third-order valence-corrected chi connectivity index (χ3v) is 18.1. The highest BCUT2D eigenvalue weighted by Crippen LogP contribution is 2.28. The molecule has 4 aliphatic heterocycles. The Morgan fingerprint density at radius 3 is 1.26 bits per heavy atom. The number of hydrogen-bond acceptors (Lipinski definition) is 15. The van der Waals surface area contributed by atoms with Crippen molar-refractivity contribution >= 4 is 73.6 Å². The molecule has 4 saturated heterocycles. The second kappa shape index (κ2) is 28.6. The van der Waals surface area contributed by atoms with E-state index in [1.165, 1.54) is 58.1 Å². The van der Waals surface area contributed by atoms with Crippen LogP contribution in [0.4, 0.5) is 34.5 Å². The smallest absolute Gasteiger partial charge is 0.410 e. The van der Waals surface area contributed by atoms with Crippen molar-refractivity contribution in [3.63, 3.8) is 0 Å². The molecule has 5 amide bonds. The van der Waals surface area contributed by atoms with Gasteiger partial charge < -0.3 is 34.2 Å². The molecular formula is C59H79ClF2N8O12S2. The van der Waals surface area contributed by atoms with Gasteiger partial charge in [-0.15, -0.1) is 12.4 Å². The summed E-state index contributed by atoms with van der Waals surface area (Å²) in [4.78, 5) is 76.0.